The van der Waals surface area contributed by atoms with Crippen molar-refractivity contribution < 1.29 is 9.90 Å². The zero-order valence-electron chi connectivity index (χ0n) is 4.22. The van der Waals surface area contributed by atoms with Crippen molar-refractivity contribution in [3.8, 4) is 0 Å². The van der Waals surface area contributed by atoms with Crippen LogP contribution in [-0.4, -0.2) is 31.1 Å². The first kappa shape index (κ1) is 6.59. The summed E-state index contributed by atoms with van der Waals surface area (Å²) in [6.07, 6.45) is -0.346. The van der Waals surface area contributed by atoms with E-state index in [1.54, 1.807) is 7.05 Å². The Bertz CT molecular complexity index is 55.7. The van der Waals surface area contributed by atoms with Crippen LogP contribution in [0.15, 0.2) is 0 Å². The highest BCUT2D eigenvalue weighted by Crippen LogP contribution is 1.67. The van der Waals surface area contributed by atoms with Crippen molar-refractivity contribution in [2.45, 2.75) is 6.10 Å². The van der Waals surface area contributed by atoms with Gasteiger partial charge in [-0.25, -0.2) is 0 Å². The van der Waals surface area contributed by atoms with E-state index >= 15 is 0 Å². The van der Waals surface area contributed by atoms with Crippen molar-refractivity contribution in [3.05, 3.63) is 0 Å². The quantitative estimate of drug-likeness (QED) is 0.439. The molecule has 0 heterocycles. The Morgan fingerprint density at radius 1 is 2.00 bits per heavy atom. The molecule has 1 atom stereocenters. The summed E-state index contributed by atoms with van der Waals surface area (Å²) in [4.78, 5) is 9.60. The minimum atomic E-state index is -0.843. The maximum atomic E-state index is 9.60. The standard InChI is InChI=1S/C4H9NO2/c1-5-2-4(7)3-6/h3-5,7H,2H2,1H3. The first-order valence-corrected chi connectivity index (χ1v) is 2.09. The SMILES string of the molecule is CNCC(O)C=O. The topological polar surface area (TPSA) is 49.3 Å². The van der Waals surface area contributed by atoms with Crippen LogP contribution in [0.3, 0.4) is 0 Å². The molecular weight excluding hydrogens is 94.0 g/mol. The molecule has 3 heteroatoms. The highest BCUT2D eigenvalue weighted by Gasteiger charge is 1.94. The van der Waals surface area contributed by atoms with Crippen LogP contribution in [0.25, 0.3) is 0 Å². The minimum Gasteiger partial charge on any atom is -0.384 e. The normalized spacial score (nSPS) is 13.4. The molecule has 0 aliphatic carbocycles. The van der Waals surface area contributed by atoms with Crippen molar-refractivity contribution >= 4 is 6.29 Å². The van der Waals surface area contributed by atoms with Gasteiger partial charge in [0, 0.05) is 6.54 Å². The van der Waals surface area contributed by atoms with Gasteiger partial charge in [-0.1, -0.05) is 0 Å². The smallest absolute Gasteiger partial charge is 0.149 e. The molecule has 1 unspecified atom stereocenters. The molecule has 0 aromatic carbocycles. The molecule has 0 radical (unpaired) electrons. The lowest BCUT2D eigenvalue weighted by molar-refractivity contribution is -0.114. The summed E-state index contributed by atoms with van der Waals surface area (Å²) >= 11 is 0. The summed E-state index contributed by atoms with van der Waals surface area (Å²) in [7, 11) is 1.67. The average Bonchev–Trinajstić information content (AvgIpc) is 1.68. The number of carbonyl (C=O) groups is 1. The summed E-state index contributed by atoms with van der Waals surface area (Å²) in [5.41, 5.74) is 0. The molecular formula is C4H9NO2. The van der Waals surface area contributed by atoms with Gasteiger partial charge >= 0.3 is 0 Å². The molecule has 0 aliphatic heterocycles. The van der Waals surface area contributed by atoms with E-state index in [-0.39, 0.29) is 0 Å². The van der Waals surface area contributed by atoms with E-state index < -0.39 is 6.10 Å². The van der Waals surface area contributed by atoms with E-state index in [4.69, 9.17) is 5.11 Å². The third-order valence-electron chi connectivity index (χ3n) is 0.570. The molecule has 0 aromatic rings. The van der Waals surface area contributed by atoms with Crippen molar-refractivity contribution in [3.63, 3.8) is 0 Å². The second-order valence-electron chi connectivity index (χ2n) is 1.26. The molecule has 0 rings (SSSR count). The Kier molecular flexibility index (Phi) is 3.55. The van der Waals surface area contributed by atoms with E-state index in [1.165, 1.54) is 0 Å². The van der Waals surface area contributed by atoms with Crippen molar-refractivity contribution in [2.24, 2.45) is 0 Å². The number of likely N-dealkylation sites (N-methyl/N-ethyl adjacent to an activating group) is 1. The third kappa shape index (κ3) is 3.42. The van der Waals surface area contributed by atoms with Crippen molar-refractivity contribution in [1.29, 1.82) is 0 Å². The van der Waals surface area contributed by atoms with E-state index in [0.717, 1.165) is 0 Å². The number of hydrogen-bond donors (Lipinski definition) is 2. The first-order chi connectivity index (χ1) is 3.31. The van der Waals surface area contributed by atoms with Crippen molar-refractivity contribution in [2.75, 3.05) is 13.6 Å². The largest absolute Gasteiger partial charge is 0.384 e. The summed E-state index contributed by atoms with van der Waals surface area (Å²) < 4.78 is 0. The number of carbonyl (C=O) groups excluding carboxylic acids is 1. The van der Waals surface area contributed by atoms with E-state index in [1.807, 2.05) is 0 Å². The van der Waals surface area contributed by atoms with Crippen LogP contribution in [0.2, 0.25) is 0 Å². The summed E-state index contributed by atoms with van der Waals surface area (Å²) in [6.45, 7) is 0.337. The van der Waals surface area contributed by atoms with Gasteiger partial charge in [0.25, 0.3) is 0 Å². The molecule has 0 aliphatic rings. The van der Waals surface area contributed by atoms with Crippen LogP contribution in [-0.2, 0) is 4.79 Å². The van der Waals surface area contributed by atoms with Gasteiger partial charge in [-0.15, -0.1) is 0 Å². The number of rotatable bonds is 3. The zero-order chi connectivity index (χ0) is 5.70. The van der Waals surface area contributed by atoms with E-state index in [0.29, 0.717) is 12.8 Å². The maximum absolute atomic E-state index is 9.60. The molecule has 7 heavy (non-hydrogen) atoms. The Morgan fingerprint density at radius 2 is 2.57 bits per heavy atom. The second-order valence-corrected chi connectivity index (χ2v) is 1.26. The summed E-state index contributed by atoms with van der Waals surface area (Å²) in [5.74, 6) is 0. The van der Waals surface area contributed by atoms with Gasteiger partial charge in [0.05, 0.1) is 0 Å². The molecule has 0 bridgehead atoms. The summed E-state index contributed by atoms with van der Waals surface area (Å²) in [6, 6.07) is 0. The van der Waals surface area contributed by atoms with Crippen molar-refractivity contribution in [1.82, 2.24) is 5.32 Å². The molecule has 0 spiro atoms. The van der Waals surface area contributed by atoms with Crippen LogP contribution in [0.4, 0.5) is 0 Å². The lowest BCUT2D eigenvalue weighted by Crippen LogP contribution is -2.24. The fourth-order valence-electron chi connectivity index (χ4n) is 0.257. The van der Waals surface area contributed by atoms with E-state index in [2.05, 4.69) is 5.32 Å². The van der Waals surface area contributed by atoms with Gasteiger partial charge in [0.2, 0.25) is 0 Å². The average molecular weight is 103 g/mol. The van der Waals surface area contributed by atoms with Crippen LogP contribution in [0.5, 0.6) is 0 Å². The fraction of sp³-hybridized carbons (Fsp3) is 0.750. The van der Waals surface area contributed by atoms with Gasteiger partial charge in [0.15, 0.2) is 0 Å². The predicted molar refractivity (Wildman–Crippen MR) is 26.0 cm³/mol. The lowest BCUT2D eigenvalue weighted by atomic mass is 10.4. The van der Waals surface area contributed by atoms with Crippen LogP contribution >= 0.6 is 0 Å². The molecule has 0 fully saturated rings. The zero-order valence-corrected chi connectivity index (χ0v) is 4.22. The summed E-state index contributed by atoms with van der Waals surface area (Å²) in [5, 5.41) is 11.1. The lowest BCUT2D eigenvalue weighted by Gasteiger charge is -1.96. The Labute approximate surface area is 42.3 Å². The highest BCUT2D eigenvalue weighted by atomic mass is 16.3. The van der Waals surface area contributed by atoms with E-state index in [9.17, 15) is 4.79 Å². The molecule has 0 aromatic heterocycles. The Balaban J connectivity index is 2.98. The first-order valence-electron chi connectivity index (χ1n) is 2.09. The maximum Gasteiger partial charge on any atom is 0.149 e. The number of aliphatic hydroxyl groups is 1. The van der Waals surface area contributed by atoms with Crippen LogP contribution in [0, 0.1) is 0 Å². The van der Waals surface area contributed by atoms with Gasteiger partial charge in [-0.2, -0.15) is 0 Å². The van der Waals surface area contributed by atoms with Crippen LogP contribution in [0.1, 0.15) is 0 Å². The predicted octanol–water partition coefficient (Wildman–Crippen LogP) is -1.23. The van der Waals surface area contributed by atoms with Crippen LogP contribution < -0.4 is 5.32 Å². The molecule has 2 N–H and O–H groups in total. The number of aldehydes is 1. The highest BCUT2D eigenvalue weighted by molar-refractivity contribution is 5.55. The third-order valence-corrected chi connectivity index (χ3v) is 0.570. The number of aliphatic hydroxyl groups excluding tert-OH is 1. The molecule has 0 saturated carbocycles. The monoisotopic (exact) mass is 103 g/mol. The van der Waals surface area contributed by atoms with Gasteiger partial charge in [-0.3, -0.25) is 0 Å². The number of hydrogen-bond acceptors (Lipinski definition) is 3. The fourth-order valence-corrected chi connectivity index (χ4v) is 0.257. The second kappa shape index (κ2) is 3.77. The number of nitrogens with one attached hydrogen (secondary N) is 1. The minimum absolute atomic E-state index is 0.337. The molecule has 3 nitrogen and oxygen atoms in total. The molecule has 0 amide bonds. The Morgan fingerprint density at radius 3 is 2.71 bits per heavy atom. The van der Waals surface area contributed by atoms with Gasteiger partial charge in [0.1, 0.15) is 12.4 Å². The molecule has 0 saturated heterocycles. The Hall–Kier alpha value is -0.410. The molecule has 42 valence electrons. The van der Waals surface area contributed by atoms with Gasteiger partial charge in [-0.05, 0) is 7.05 Å². The van der Waals surface area contributed by atoms with Gasteiger partial charge < -0.3 is 15.2 Å².